The first kappa shape index (κ1) is 15.5. The molecule has 0 bridgehead atoms. The van der Waals surface area contributed by atoms with E-state index < -0.39 is 11.7 Å². The average Bonchev–Trinajstić information content (AvgIpc) is 2.34. The van der Waals surface area contributed by atoms with Crippen molar-refractivity contribution in [1.82, 2.24) is 10.2 Å². The first-order valence-electron chi connectivity index (χ1n) is 6.21. The van der Waals surface area contributed by atoms with Crippen molar-refractivity contribution in [3.8, 4) is 0 Å². The zero-order valence-electron chi connectivity index (χ0n) is 11.7. The lowest BCUT2D eigenvalue weighted by Crippen LogP contribution is -2.47. The van der Waals surface area contributed by atoms with Crippen molar-refractivity contribution in [3.05, 3.63) is 35.9 Å². The summed E-state index contributed by atoms with van der Waals surface area (Å²) in [5.41, 5.74) is -0.0485. The fourth-order valence-electron chi connectivity index (χ4n) is 1.77. The standard InChI is InChI=1S/C14H22N2O3/c1-14(18,11-16(2)3)10-15-13(17)19-9-12-7-5-4-6-8-12/h4-8,18H,9-11H2,1-3H3,(H,15,17). The molecule has 1 atom stereocenters. The van der Waals surface area contributed by atoms with Crippen LogP contribution in [0.1, 0.15) is 12.5 Å². The average molecular weight is 266 g/mol. The summed E-state index contributed by atoms with van der Waals surface area (Å²) in [6.45, 7) is 2.51. The number of nitrogens with zero attached hydrogens (tertiary/aromatic N) is 1. The number of hydrogen-bond acceptors (Lipinski definition) is 4. The summed E-state index contributed by atoms with van der Waals surface area (Å²) < 4.78 is 5.05. The summed E-state index contributed by atoms with van der Waals surface area (Å²) in [5.74, 6) is 0. The van der Waals surface area contributed by atoms with Crippen molar-refractivity contribution in [2.24, 2.45) is 0 Å². The van der Waals surface area contributed by atoms with E-state index in [0.29, 0.717) is 6.54 Å². The zero-order valence-corrected chi connectivity index (χ0v) is 11.7. The molecule has 1 aromatic rings. The van der Waals surface area contributed by atoms with Gasteiger partial charge in [0, 0.05) is 6.54 Å². The molecular weight excluding hydrogens is 244 g/mol. The van der Waals surface area contributed by atoms with Crippen LogP contribution in [0.4, 0.5) is 4.79 Å². The van der Waals surface area contributed by atoms with Crippen LogP contribution in [0.25, 0.3) is 0 Å². The number of rotatable bonds is 6. The molecule has 106 valence electrons. The van der Waals surface area contributed by atoms with Crippen LogP contribution in [0.3, 0.4) is 0 Å². The molecule has 0 saturated carbocycles. The monoisotopic (exact) mass is 266 g/mol. The molecule has 0 aliphatic rings. The topological polar surface area (TPSA) is 61.8 Å². The van der Waals surface area contributed by atoms with Crippen molar-refractivity contribution < 1.29 is 14.6 Å². The van der Waals surface area contributed by atoms with Gasteiger partial charge in [0.15, 0.2) is 0 Å². The Balaban J connectivity index is 2.28. The fraction of sp³-hybridized carbons (Fsp3) is 0.500. The van der Waals surface area contributed by atoms with Crippen molar-refractivity contribution in [3.63, 3.8) is 0 Å². The maximum absolute atomic E-state index is 11.5. The van der Waals surface area contributed by atoms with E-state index in [4.69, 9.17) is 4.74 Å². The van der Waals surface area contributed by atoms with Crippen LogP contribution >= 0.6 is 0 Å². The molecule has 19 heavy (non-hydrogen) atoms. The number of amides is 1. The molecule has 1 rings (SSSR count). The van der Waals surface area contributed by atoms with E-state index in [0.717, 1.165) is 5.56 Å². The molecule has 2 N–H and O–H groups in total. The lowest BCUT2D eigenvalue weighted by Gasteiger charge is -2.26. The van der Waals surface area contributed by atoms with E-state index in [-0.39, 0.29) is 13.2 Å². The van der Waals surface area contributed by atoms with Gasteiger partial charge in [0.1, 0.15) is 6.61 Å². The molecule has 0 heterocycles. The Hall–Kier alpha value is -1.59. The number of carbonyl (C=O) groups excluding carboxylic acids is 1. The number of nitrogens with one attached hydrogen (secondary N) is 1. The van der Waals surface area contributed by atoms with Gasteiger partial charge in [-0.2, -0.15) is 0 Å². The summed E-state index contributed by atoms with van der Waals surface area (Å²) in [4.78, 5) is 13.3. The first-order chi connectivity index (χ1) is 8.89. The molecule has 0 aromatic heterocycles. The van der Waals surface area contributed by atoms with Gasteiger partial charge in [-0.05, 0) is 26.6 Å². The Morgan fingerprint density at radius 2 is 2.00 bits per heavy atom. The van der Waals surface area contributed by atoms with Gasteiger partial charge < -0.3 is 20.1 Å². The number of alkyl carbamates (subject to hydrolysis) is 1. The molecule has 1 amide bonds. The molecule has 1 aromatic carbocycles. The second kappa shape index (κ2) is 7.11. The van der Waals surface area contributed by atoms with Crippen LogP contribution in [0.5, 0.6) is 0 Å². The molecule has 5 nitrogen and oxygen atoms in total. The third kappa shape index (κ3) is 6.79. The third-order valence-corrected chi connectivity index (χ3v) is 2.48. The van der Waals surface area contributed by atoms with Gasteiger partial charge in [-0.1, -0.05) is 30.3 Å². The largest absolute Gasteiger partial charge is 0.445 e. The molecule has 0 aliphatic carbocycles. The molecule has 0 saturated heterocycles. The van der Waals surface area contributed by atoms with Gasteiger partial charge in [0.2, 0.25) is 0 Å². The second-order valence-corrected chi connectivity index (χ2v) is 5.15. The molecule has 0 radical (unpaired) electrons. The normalized spacial score (nSPS) is 13.9. The number of ether oxygens (including phenoxy) is 1. The summed E-state index contributed by atoms with van der Waals surface area (Å²) >= 11 is 0. The van der Waals surface area contributed by atoms with Crippen LogP contribution in [-0.2, 0) is 11.3 Å². The van der Waals surface area contributed by atoms with Crippen LogP contribution in [0.15, 0.2) is 30.3 Å². The third-order valence-electron chi connectivity index (χ3n) is 2.48. The van der Waals surface area contributed by atoms with Crippen molar-refractivity contribution in [2.75, 3.05) is 27.2 Å². The highest BCUT2D eigenvalue weighted by molar-refractivity contribution is 5.67. The summed E-state index contributed by atoms with van der Waals surface area (Å²) in [5, 5.41) is 12.6. The Kier molecular flexibility index (Phi) is 5.79. The van der Waals surface area contributed by atoms with E-state index in [1.165, 1.54) is 0 Å². The highest BCUT2D eigenvalue weighted by Crippen LogP contribution is 2.04. The number of benzene rings is 1. The molecule has 0 fully saturated rings. The lowest BCUT2D eigenvalue weighted by molar-refractivity contribution is 0.0318. The Morgan fingerprint density at radius 1 is 1.37 bits per heavy atom. The minimum Gasteiger partial charge on any atom is -0.445 e. The molecule has 1 unspecified atom stereocenters. The number of likely N-dealkylation sites (N-methyl/N-ethyl adjacent to an activating group) is 1. The van der Waals surface area contributed by atoms with Gasteiger partial charge in [-0.25, -0.2) is 4.79 Å². The number of hydrogen-bond donors (Lipinski definition) is 2. The molecular formula is C14H22N2O3. The highest BCUT2D eigenvalue weighted by Gasteiger charge is 2.22. The predicted molar refractivity (Wildman–Crippen MR) is 73.8 cm³/mol. The smallest absolute Gasteiger partial charge is 0.407 e. The van der Waals surface area contributed by atoms with Crippen molar-refractivity contribution in [2.45, 2.75) is 19.1 Å². The van der Waals surface area contributed by atoms with Gasteiger partial charge in [0.05, 0.1) is 12.1 Å². The second-order valence-electron chi connectivity index (χ2n) is 5.15. The Bertz CT molecular complexity index is 391. The lowest BCUT2D eigenvalue weighted by atomic mass is 10.1. The van der Waals surface area contributed by atoms with Gasteiger partial charge in [0.25, 0.3) is 0 Å². The minimum absolute atomic E-state index is 0.152. The Labute approximate surface area is 114 Å². The maximum atomic E-state index is 11.5. The van der Waals surface area contributed by atoms with Crippen molar-refractivity contribution >= 4 is 6.09 Å². The van der Waals surface area contributed by atoms with Crippen LogP contribution in [-0.4, -0.2) is 48.9 Å². The zero-order chi connectivity index (χ0) is 14.3. The van der Waals surface area contributed by atoms with E-state index in [2.05, 4.69) is 5.32 Å². The molecule has 0 aliphatic heterocycles. The summed E-state index contributed by atoms with van der Waals surface area (Å²) in [6.07, 6.45) is -0.525. The SMILES string of the molecule is CN(C)CC(C)(O)CNC(=O)OCc1ccccc1. The minimum atomic E-state index is -0.977. The number of carbonyl (C=O) groups is 1. The number of aliphatic hydroxyl groups is 1. The summed E-state index contributed by atoms with van der Waals surface area (Å²) in [6, 6.07) is 9.45. The van der Waals surface area contributed by atoms with Crippen LogP contribution < -0.4 is 5.32 Å². The Morgan fingerprint density at radius 3 is 2.58 bits per heavy atom. The van der Waals surface area contributed by atoms with Crippen LogP contribution in [0, 0.1) is 0 Å². The van der Waals surface area contributed by atoms with E-state index in [1.807, 2.05) is 49.3 Å². The first-order valence-corrected chi connectivity index (χ1v) is 6.21. The van der Waals surface area contributed by atoms with Crippen LogP contribution in [0.2, 0.25) is 0 Å². The van der Waals surface area contributed by atoms with E-state index in [1.54, 1.807) is 6.92 Å². The van der Waals surface area contributed by atoms with Crippen molar-refractivity contribution in [1.29, 1.82) is 0 Å². The highest BCUT2D eigenvalue weighted by atomic mass is 16.5. The fourth-order valence-corrected chi connectivity index (χ4v) is 1.77. The van der Waals surface area contributed by atoms with Gasteiger partial charge >= 0.3 is 6.09 Å². The maximum Gasteiger partial charge on any atom is 0.407 e. The van der Waals surface area contributed by atoms with E-state index in [9.17, 15) is 9.90 Å². The predicted octanol–water partition coefficient (Wildman–Crippen LogP) is 1.23. The molecule has 0 spiro atoms. The quantitative estimate of drug-likeness (QED) is 0.813. The van der Waals surface area contributed by atoms with E-state index >= 15 is 0 Å². The van der Waals surface area contributed by atoms with Gasteiger partial charge in [-0.15, -0.1) is 0 Å². The van der Waals surface area contributed by atoms with Gasteiger partial charge in [-0.3, -0.25) is 0 Å². The molecule has 5 heteroatoms. The summed E-state index contributed by atoms with van der Waals surface area (Å²) in [7, 11) is 3.73.